The van der Waals surface area contributed by atoms with E-state index in [4.69, 9.17) is 11.5 Å². The number of hydrogen-bond donors (Lipinski definition) is 2. The molecule has 0 radical (unpaired) electrons. The molecule has 0 saturated carbocycles. The minimum atomic E-state index is -0.718. The number of hydrogen-bond acceptors (Lipinski definition) is 2. The summed E-state index contributed by atoms with van der Waals surface area (Å²) in [5, 5.41) is 4.65. The van der Waals surface area contributed by atoms with E-state index >= 15 is 0 Å². The van der Waals surface area contributed by atoms with Crippen molar-refractivity contribution in [1.82, 2.24) is 0 Å². The van der Waals surface area contributed by atoms with Crippen molar-refractivity contribution in [3.8, 4) is 0 Å². The summed E-state index contributed by atoms with van der Waals surface area (Å²) >= 11 is -0.718. The average molecular weight is 309 g/mol. The third-order valence-electron chi connectivity index (χ3n) is 4.50. The summed E-state index contributed by atoms with van der Waals surface area (Å²) < 4.78 is 2.51. The van der Waals surface area contributed by atoms with Crippen molar-refractivity contribution in [2.75, 3.05) is 11.5 Å². The lowest BCUT2D eigenvalue weighted by molar-refractivity contribution is 1.75. The predicted molar refractivity (Wildman–Crippen MR) is 102 cm³/mol. The molecular formula is C20H16MgN2. The Labute approximate surface area is 144 Å². The molecule has 4 aromatic carbocycles. The van der Waals surface area contributed by atoms with Gasteiger partial charge in [-0.05, 0) is 10.8 Å². The summed E-state index contributed by atoms with van der Waals surface area (Å²) in [4.78, 5) is 0. The maximum atomic E-state index is 6.42. The van der Waals surface area contributed by atoms with Crippen LogP contribution >= 0.6 is 0 Å². The zero-order chi connectivity index (χ0) is 15.8. The fraction of sp³-hybridized carbons (Fsp3) is 0. The highest BCUT2D eigenvalue weighted by Gasteiger charge is 2.12. The van der Waals surface area contributed by atoms with Crippen LogP contribution in [0, 0.1) is 0 Å². The van der Waals surface area contributed by atoms with Crippen LogP contribution in [0.1, 0.15) is 0 Å². The van der Waals surface area contributed by atoms with Gasteiger partial charge < -0.3 is 11.5 Å². The Morgan fingerprint density at radius 2 is 0.957 bits per heavy atom. The van der Waals surface area contributed by atoms with Gasteiger partial charge in [0.25, 0.3) is 0 Å². The van der Waals surface area contributed by atoms with Crippen LogP contribution in [-0.2, 0) is 0 Å². The first-order chi connectivity index (χ1) is 11.2. The van der Waals surface area contributed by atoms with Gasteiger partial charge >= 0.3 is 20.4 Å². The maximum Gasteiger partial charge on any atom is 0.457 e. The van der Waals surface area contributed by atoms with Gasteiger partial charge in [0, 0.05) is 22.1 Å². The van der Waals surface area contributed by atoms with Crippen molar-refractivity contribution in [3.63, 3.8) is 0 Å². The summed E-state index contributed by atoms with van der Waals surface area (Å²) in [7, 11) is 0. The number of nitrogen functional groups attached to an aromatic ring is 2. The second kappa shape index (κ2) is 5.76. The Morgan fingerprint density at radius 1 is 0.522 bits per heavy atom. The SMILES string of the molecule is Nc1[c]([Mg][c]2ccc3ccccc3c2N)ccc2ccccc12. The normalized spacial score (nSPS) is 10.8. The van der Waals surface area contributed by atoms with Crippen LogP contribution in [0.4, 0.5) is 11.4 Å². The van der Waals surface area contributed by atoms with Crippen LogP contribution in [-0.4, -0.2) is 20.4 Å². The molecule has 0 atom stereocenters. The smallest absolute Gasteiger partial charge is 0.400 e. The average Bonchev–Trinajstić information content (AvgIpc) is 2.60. The molecule has 0 heterocycles. The van der Waals surface area contributed by atoms with Gasteiger partial charge in [-0.15, -0.1) is 7.39 Å². The highest BCUT2D eigenvalue weighted by atomic mass is 24.5. The Bertz CT molecular complexity index is 941. The first-order valence-corrected chi connectivity index (χ1v) is 9.17. The second-order valence-electron chi connectivity index (χ2n) is 5.90. The minimum Gasteiger partial charge on any atom is -0.400 e. The Morgan fingerprint density at radius 3 is 1.43 bits per heavy atom. The predicted octanol–water partition coefficient (Wildman–Crippen LogP) is 2.81. The first kappa shape index (κ1) is 14.4. The van der Waals surface area contributed by atoms with Crippen molar-refractivity contribution < 1.29 is 0 Å². The molecule has 0 aliphatic rings. The van der Waals surface area contributed by atoms with Crippen LogP contribution in [0.3, 0.4) is 0 Å². The highest BCUT2D eigenvalue weighted by molar-refractivity contribution is 6.71. The van der Waals surface area contributed by atoms with Crippen molar-refractivity contribution in [3.05, 3.63) is 72.8 Å². The van der Waals surface area contributed by atoms with Crippen LogP contribution in [0.15, 0.2) is 72.8 Å². The summed E-state index contributed by atoms with van der Waals surface area (Å²) in [6.45, 7) is 0. The van der Waals surface area contributed by atoms with E-state index in [0.717, 1.165) is 22.1 Å². The van der Waals surface area contributed by atoms with Crippen molar-refractivity contribution in [1.29, 1.82) is 0 Å². The Kier molecular flexibility index (Phi) is 3.60. The fourth-order valence-electron chi connectivity index (χ4n) is 3.19. The third kappa shape index (κ3) is 2.52. The molecule has 23 heavy (non-hydrogen) atoms. The molecule has 4 rings (SSSR count). The molecular weight excluding hydrogens is 293 g/mol. The molecule has 0 unspecified atom stereocenters. The Balaban J connectivity index is 1.82. The summed E-state index contributed by atoms with van der Waals surface area (Å²) in [5.74, 6) is 0. The van der Waals surface area contributed by atoms with Crippen molar-refractivity contribution >= 4 is 60.7 Å². The van der Waals surface area contributed by atoms with Crippen LogP contribution in [0.25, 0.3) is 21.5 Å². The van der Waals surface area contributed by atoms with E-state index in [2.05, 4.69) is 48.5 Å². The van der Waals surface area contributed by atoms with Gasteiger partial charge in [0.1, 0.15) is 0 Å². The molecule has 3 heteroatoms. The summed E-state index contributed by atoms with van der Waals surface area (Å²) in [6.07, 6.45) is 0. The zero-order valence-corrected chi connectivity index (χ0v) is 14.2. The standard InChI is InChI=1S/2C10H8N.Mg/c2*11-10-7-3-5-8-4-1-2-6-9(8)10;/h2*1-6H,11H2;. The van der Waals surface area contributed by atoms with Crippen molar-refractivity contribution in [2.24, 2.45) is 0 Å². The lowest BCUT2D eigenvalue weighted by Crippen LogP contribution is -2.31. The van der Waals surface area contributed by atoms with Gasteiger partial charge in [-0.3, -0.25) is 0 Å². The van der Waals surface area contributed by atoms with E-state index < -0.39 is 20.4 Å². The zero-order valence-electron chi connectivity index (χ0n) is 12.8. The molecule has 0 saturated heterocycles. The van der Waals surface area contributed by atoms with E-state index in [1.54, 1.807) is 0 Å². The van der Waals surface area contributed by atoms with Gasteiger partial charge in [0.05, 0.1) is 0 Å². The second-order valence-corrected chi connectivity index (χ2v) is 7.77. The Hall–Kier alpha value is -2.23. The minimum absolute atomic E-state index is 0.718. The molecule has 0 fully saturated rings. The van der Waals surface area contributed by atoms with Gasteiger partial charge in [0.15, 0.2) is 0 Å². The first-order valence-electron chi connectivity index (χ1n) is 7.76. The van der Waals surface area contributed by atoms with E-state index in [1.807, 2.05) is 24.3 Å². The fourth-order valence-corrected chi connectivity index (χ4v) is 4.84. The number of anilines is 2. The molecule has 4 N–H and O–H groups in total. The topological polar surface area (TPSA) is 52.0 Å². The number of benzene rings is 4. The van der Waals surface area contributed by atoms with E-state index in [-0.39, 0.29) is 0 Å². The summed E-state index contributed by atoms with van der Waals surface area (Å²) in [6, 6.07) is 25.2. The van der Waals surface area contributed by atoms with Crippen LogP contribution < -0.4 is 18.9 Å². The van der Waals surface area contributed by atoms with Crippen molar-refractivity contribution in [2.45, 2.75) is 0 Å². The largest absolute Gasteiger partial charge is 0.457 e. The molecule has 0 bridgehead atoms. The van der Waals surface area contributed by atoms with Crippen LogP contribution in [0.5, 0.6) is 0 Å². The molecule has 0 aliphatic heterocycles. The number of nitrogens with two attached hydrogens (primary N) is 2. The molecule has 0 aromatic heterocycles. The van der Waals surface area contributed by atoms with Gasteiger partial charge in [0.2, 0.25) is 0 Å². The molecule has 0 amide bonds. The van der Waals surface area contributed by atoms with Gasteiger partial charge in [-0.25, -0.2) is 0 Å². The van der Waals surface area contributed by atoms with E-state index in [9.17, 15) is 0 Å². The monoisotopic (exact) mass is 308 g/mol. The number of fused-ring (bicyclic) bond motifs is 2. The molecule has 2 nitrogen and oxygen atoms in total. The molecule has 0 spiro atoms. The van der Waals surface area contributed by atoms with Gasteiger partial charge in [-0.2, -0.15) is 0 Å². The quantitative estimate of drug-likeness (QED) is 0.442. The summed E-state index contributed by atoms with van der Waals surface area (Å²) in [5.41, 5.74) is 14.7. The molecule has 108 valence electrons. The molecule has 4 aromatic rings. The lowest BCUT2D eigenvalue weighted by Gasteiger charge is -2.12. The van der Waals surface area contributed by atoms with E-state index in [0.29, 0.717) is 0 Å². The van der Waals surface area contributed by atoms with Gasteiger partial charge in [-0.1, -0.05) is 72.8 Å². The third-order valence-corrected chi connectivity index (χ3v) is 6.50. The highest BCUT2D eigenvalue weighted by Crippen LogP contribution is 2.20. The lowest BCUT2D eigenvalue weighted by atomic mass is 10.1. The van der Waals surface area contributed by atoms with E-state index in [1.165, 1.54) is 18.2 Å². The number of rotatable bonds is 2. The maximum absolute atomic E-state index is 6.42. The van der Waals surface area contributed by atoms with Crippen LogP contribution in [0.2, 0.25) is 0 Å². The molecule has 0 aliphatic carbocycles.